The van der Waals surface area contributed by atoms with Gasteiger partial charge < -0.3 is 9.80 Å². The van der Waals surface area contributed by atoms with E-state index in [1.54, 1.807) is 6.92 Å². The molecule has 0 radical (unpaired) electrons. The Morgan fingerprint density at radius 1 is 1.19 bits per heavy atom. The highest BCUT2D eigenvalue weighted by atomic mass is 16.2. The second-order valence-electron chi connectivity index (χ2n) is 8.12. The minimum absolute atomic E-state index is 0.139. The predicted octanol–water partition coefficient (Wildman–Crippen LogP) is 2.92. The monoisotopic (exact) mass is 354 g/mol. The summed E-state index contributed by atoms with van der Waals surface area (Å²) in [4.78, 5) is 25.7. The zero-order valence-electron chi connectivity index (χ0n) is 15.9. The zero-order chi connectivity index (χ0) is 17.9. The standard InChI is InChI=1S/C21H30N4O/c1-16(26)25-12-9-20-19(15-25)13-22-21(23-20)18-7-10-24(11-8-18)14-17-5-3-2-4-6-17/h2-3,13,17-18H,4-12,14-15H2,1H3/t17-/m0/s1. The van der Waals surface area contributed by atoms with Crippen LogP contribution in [0.1, 0.15) is 62.0 Å². The second kappa shape index (κ2) is 7.87. The zero-order valence-corrected chi connectivity index (χ0v) is 15.9. The normalized spacial score (nSPS) is 24.5. The van der Waals surface area contributed by atoms with Crippen molar-refractivity contribution in [1.29, 1.82) is 0 Å². The summed E-state index contributed by atoms with van der Waals surface area (Å²) < 4.78 is 0. The third-order valence-electron chi connectivity index (χ3n) is 6.24. The third-order valence-corrected chi connectivity index (χ3v) is 6.24. The first-order chi connectivity index (χ1) is 12.7. The molecule has 0 unspecified atom stereocenters. The van der Waals surface area contributed by atoms with Crippen molar-refractivity contribution in [2.45, 2.75) is 57.9 Å². The maximum absolute atomic E-state index is 11.6. The van der Waals surface area contributed by atoms with Crippen LogP contribution in [0.5, 0.6) is 0 Å². The maximum Gasteiger partial charge on any atom is 0.219 e. The van der Waals surface area contributed by atoms with E-state index in [4.69, 9.17) is 4.98 Å². The number of allylic oxidation sites excluding steroid dienone is 2. The molecule has 0 aromatic carbocycles. The lowest BCUT2D eigenvalue weighted by atomic mass is 9.91. The highest BCUT2D eigenvalue weighted by molar-refractivity contribution is 5.73. The fourth-order valence-electron chi connectivity index (χ4n) is 4.56. The lowest BCUT2D eigenvalue weighted by Gasteiger charge is -2.34. The molecule has 1 fully saturated rings. The number of nitrogens with zero attached hydrogens (tertiary/aromatic N) is 4. The molecule has 26 heavy (non-hydrogen) atoms. The van der Waals surface area contributed by atoms with E-state index in [1.807, 2.05) is 11.1 Å². The van der Waals surface area contributed by atoms with Crippen LogP contribution in [0.15, 0.2) is 18.3 Å². The highest BCUT2D eigenvalue weighted by Gasteiger charge is 2.26. The van der Waals surface area contributed by atoms with Crippen molar-refractivity contribution in [3.05, 3.63) is 35.4 Å². The van der Waals surface area contributed by atoms with Gasteiger partial charge in [-0.3, -0.25) is 4.79 Å². The van der Waals surface area contributed by atoms with Gasteiger partial charge in [0.05, 0.1) is 5.69 Å². The summed E-state index contributed by atoms with van der Waals surface area (Å²) in [5, 5.41) is 0. The number of hydrogen-bond acceptors (Lipinski definition) is 4. The Morgan fingerprint density at radius 2 is 2.04 bits per heavy atom. The first kappa shape index (κ1) is 17.7. The molecule has 2 aliphatic heterocycles. The molecule has 1 amide bonds. The molecule has 1 aliphatic carbocycles. The van der Waals surface area contributed by atoms with Gasteiger partial charge in [0, 0.05) is 50.7 Å². The van der Waals surface area contributed by atoms with Crippen LogP contribution in [0.3, 0.4) is 0 Å². The topological polar surface area (TPSA) is 49.3 Å². The molecule has 4 rings (SSSR count). The van der Waals surface area contributed by atoms with Gasteiger partial charge in [0.1, 0.15) is 5.82 Å². The largest absolute Gasteiger partial charge is 0.338 e. The third kappa shape index (κ3) is 3.98. The van der Waals surface area contributed by atoms with E-state index in [2.05, 4.69) is 22.0 Å². The number of fused-ring (bicyclic) bond motifs is 1. The van der Waals surface area contributed by atoms with E-state index < -0.39 is 0 Å². The van der Waals surface area contributed by atoms with Crippen LogP contribution >= 0.6 is 0 Å². The second-order valence-corrected chi connectivity index (χ2v) is 8.12. The van der Waals surface area contributed by atoms with Crippen LogP contribution < -0.4 is 0 Å². The maximum atomic E-state index is 11.6. The molecule has 140 valence electrons. The van der Waals surface area contributed by atoms with Gasteiger partial charge in [-0.2, -0.15) is 0 Å². The number of amides is 1. The van der Waals surface area contributed by atoms with Crippen molar-refractivity contribution < 1.29 is 4.79 Å². The van der Waals surface area contributed by atoms with E-state index >= 15 is 0 Å². The van der Waals surface area contributed by atoms with Gasteiger partial charge in [0.2, 0.25) is 5.91 Å². The molecular weight excluding hydrogens is 324 g/mol. The molecule has 0 bridgehead atoms. The molecule has 1 saturated heterocycles. The minimum atomic E-state index is 0.139. The molecule has 0 spiro atoms. The van der Waals surface area contributed by atoms with Crippen molar-refractivity contribution in [3.63, 3.8) is 0 Å². The molecule has 1 atom stereocenters. The molecule has 5 heteroatoms. The number of rotatable bonds is 3. The molecule has 0 N–H and O–H groups in total. The predicted molar refractivity (Wildman–Crippen MR) is 102 cm³/mol. The first-order valence-corrected chi connectivity index (χ1v) is 10.2. The summed E-state index contributed by atoms with van der Waals surface area (Å²) in [6.07, 6.45) is 13.7. The van der Waals surface area contributed by atoms with Gasteiger partial charge in [-0.15, -0.1) is 0 Å². The Bertz CT molecular complexity index is 679. The molecule has 3 aliphatic rings. The van der Waals surface area contributed by atoms with E-state index in [-0.39, 0.29) is 5.91 Å². The molecular formula is C21H30N4O. The van der Waals surface area contributed by atoms with Crippen molar-refractivity contribution in [2.24, 2.45) is 5.92 Å². The smallest absolute Gasteiger partial charge is 0.219 e. The fourth-order valence-corrected chi connectivity index (χ4v) is 4.56. The summed E-state index contributed by atoms with van der Waals surface area (Å²) in [6, 6.07) is 0. The summed E-state index contributed by atoms with van der Waals surface area (Å²) in [5.41, 5.74) is 2.28. The quantitative estimate of drug-likeness (QED) is 0.783. The van der Waals surface area contributed by atoms with Crippen molar-refractivity contribution in [2.75, 3.05) is 26.2 Å². The van der Waals surface area contributed by atoms with Crippen molar-refractivity contribution in [1.82, 2.24) is 19.8 Å². The fraction of sp³-hybridized carbons (Fsp3) is 0.667. The van der Waals surface area contributed by atoms with E-state index in [9.17, 15) is 4.79 Å². The van der Waals surface area contributed by atoms with Crippen LogP contribution in [0.4, 0.5) is 0 Å². The summed E-state index contributed by atoms with van der Waals surface area (Å²) in [5.74, 6) is 2.51. The van der Waals surface area contributed by atoms with Crippen LogP contribution in [0.25, 0.3) is 0 Å². The Hall–Kier alpha value is -1.75. The molecule has 0 saturated carbocycles. The first-order valence-electron chi connectivity index (χ1n) is 10.2. The average molecular weight is 354 g/mol. The lowest BCUT2D eigenvalue weighted by molar-refractivity contribution is -0.129. The van der Waals surface area contributed by atoms with Gasteiger partial charge >= 0.3 is 0 Å². The van der Waals surface area contributed by atoms with Gasteiger partial charge in [-0.1, -0.05) is 12.2 Å². The number of piperidine rings is 1. The van der Waals surface area contributed by atoms with E-state index in [1.165, 1.54) is 51.7 Å². The van der Waals surface area contributed by atoms with Crippen LogP contribution in [0.2, 0.25) is 0 Å². The molecule has 1 aromatic heterocycles. The molecule has 1 aromatic rings. The van der Waals surface area contributed by atoms with Crippen molar-refractivity contribution >= 4 is 5.91 Å². The van der Waals surface area contributed by atoms with Crippen LogP contribution in [-0.2, 0) is 17.8 Å². The van der Waals surface area contributed by atoms with Gasteiger partial charge in [-0.05, 0) is 51.1 Å². The van der Waals surface area contributed by atoms with Crippen LogP contribution in [-0.4, -0.2) is 51.9 Å². The highest BCUT2D eigenvalue weighted by Crippen LogP contribution is 2.29. The minimum Gasteiger partial charge on any atom is -0.338 e. The number of likely N-dealkylation sites (tertiary alicyclic amines) is 1. The lowest BCUT2D eigenvalue weighted by Crippen LogP contribution is -2.37. The van der Waals surface area contributed by atoms with E-state index in [0.717, 1.165) is 36.0 Å². The number of carbonyl (C=O) groups excluding carboxylic acids is 1. The number of hydrogen-bond donors (Lipinski definition) is 0. The van der Waals surface area contributed by atoms with Gasteiger partial charge in [0.25, 0.3) is 0 Å². The Kier molecular flexibility index (Phi) is 5.34. The Morgan fingerprint density at radius 3 is 2.77 bits per heavy atom. The SMILES string of the molecule is CC(=O)N1CCc2nc(C3CCN(C[C@H]4CC=CCC4)CC3)ncc2C1. The molecule has 3 heterocycles. The van der Waals surface area contributed by atoms with Gasteiger partial charge in [0.15, 0.2) is 0 Å². The Balaban J connectivity index is 1.33. The summed E-state index contributed by atoms with van der Waals surface area (Å²) in [7, 11) is 0. The van der Waals surface area contributed by atoms with E-state index in [0.29, 0.717) is 12.5 Å². The number of carbonyl (C=O) groups is 1. The van der Waals surface area contributed by atoms with Crippen molar-refractivity contribution in [3.8, 4) is 0 Å². The molecule has 5 nitrogen and oxygen atoms in total. The average Bonchev–Trinajstić information content (AvgIpc) is 2.68. The van der Waals surface area contributed by atoms with Gasteiger partial charge in [-0.25, -0.2) is 9.97 Å². The summed E-state index contributed by atoms with van der Waals surface area (Å²) in [6.45, 7) is 6.68. The van der Waals surface area contributed by atoms with Crippen LogP contribution in [0, 0.1) is 5.92 Å². The number of aromatic nitrogens is 2. The Labute approximate surface area is 156 Å². The summed E-state index contributed by atoms with van der Waals surface area (Å²) >= 11 is 0.